The number of nitrogens with two attached hydrogens (primary N) is 3. The molecule has 1 heterocycles. The van der Waals surface area contributed by atoms with E-state index in [1.54, 1.807) is 70.5 Å². The molecule has 1 aromatic heterocycles. The largest absolute Gasteiger partial charge is 0.480 e. The van der Waals surface area contributed by atoms with Crippen molar-refractivity contribution in [1.29, 1.82) is 0 Å². The van der Waals surface area contributed by atoms with Crippen LogP contribution >= 0.6 is 24.4 Å². The maximum Gasteiger partial charge on any atom is 0.326 e. The van der Waals surface area contributed by atoms with Gasteiger partial charge in [-0.15, -0.1) is 0 Å². The lowest BCUT2D eigenvalue weighted by Gasteiger charge is -2.29. The lowest BCUT2D eigenvalue weighted by molar-refractivity contribution is -0.142. The number of unbranched alkanes of at least 4 members (excludes halogenated alkanes) is 1. The second-order valence-corrected chi connectivity index (χ2v) is 20.2. The summed E-state index contributed by atoms with van der Waals surface area (Å²) in [7, 11) is 0. The number of carbonyl (C=O) groups excluding carboxylic acids is 9. The molecule has 23 nitrogen and oxygen atoms in total. The van der Waals surface area contributed by atoms with Gasteiger partial charge >= 0.3 is 5.97 Å². The van der Waals surface area contributed by atoms with Gasteiger partial charge < -0.3 is 69.8 Å². The quantitative estimate of drug-likeness (QED) is 0.0259. The molecule has 0 saturated carbocycles. The summed E-state index contributed by atoms with van der Waals surface area (Å²) in [6, 6.07) is 6.09. The topological polar surface area (TPSA) is 381 Å². The van der Waals surface area contributed by atoms with Crippen molar-refractivity contribution in [3.05, 3.63) is 71.9 Å². The fourth-order valence-electron chi connectivity index (χ4n) is 7.90. The van der Waals surface area contributed by atoms with E-state index in [1.807, 2.05) is 24.3 Å². The van der Waals surface area contributed by atoms with Gasteiger partial charge in [-0.3, -0.25) is 43.2 Å². The number of nitrogens with one attached hydrogen (secondary N) is 9. The fraction of sp³-hybridized carbons (Fsp3) is 0.529. The lowest BCUT2D eigenvalue weighted by Crippen LogP contribution is -2.61. The van der Waals surface area contributed by atoms with Gasteiger partial charge in [-0.1, -0.05) is 82.6 Å². The first kappa shape index (κ1) is 63.6. The molecule has 0 spiro atoms. The molecule has 418 valence electrons. The van der Waals surface area contributed by atoms with Gasteiger partial charge in [0.25, 0.3) is 0 Å². The number of aromatic amines is 1. The highest BCUT2D eigenvalue weighted by molar-refractivity contribution is 7.98. The number of thioether (sulfide) groups is 1. The maximum absolute atomic E-state index is 14.0. The Kier molecular flexibility index (Phi) is 27.3. The fourth-order valence-corrected chi connectivity index (χ4v) is 8.63. The molecule has 9 amide bonds. The van der Waals surface area contributed by atoms with E-state index < -0.39 is 132 Å². The summed E-state index contributed by atoms with van der Waals surface area (Å²) in [5.41, 5.74) is 19.7. The number of aliphatic carboxylic acids is 1. The van der Waals surface area contributed by atoms with E-state index >= 15 is 0 Å². The molecule has 0 aliphatic carbocycles. The van der Waals surface area contributed by atoms with E-state index in [0.29, 0.717) is 37.1 Å². The highest BCUT2D eigenvalue weighted by atomic mass is 32.2. The normalized spacial score (nSPS) is 14.8. The predicted molar refractivity (Wildman–Crippen MR) is 292 cm³/mol. The number of carboxylic acids is 1. The number of primary amides is 1. The van der Waals surface area contributed by atoms with Crippen LogP contribution in [0.2, 0.25) is 0 Å². The lowest BCUT2D eigenvalue weighted by atomic mass is 9.97. The molecule has 2 aromatic carbocycles. The Labute approximate surface area is 452 Å². The summed E-state index contributed by atoms with van der Waals surface area (Å²) < 4.78 is 0. The summed E-state index contributed by atoms with van der Waals surface area (Å²) in [6.07, 6.45) is 4.47. The molecule has 3 rings (SSSR count). The van der Waals surface area contributed by atoms with Gasteiger partial charge in [0.1, 0.15) is 42.3 Å². The van der Waals surface area contributed by atoms with Gasteiger partial charge in [-0.2, -0.15) is 24.4 Å². The Hall–Kier alpha value is -6.70. The number of amides is 9. The van der Waals surface area contributed by atoms with Crippen molar-refractivity contribution in [3.63, 3.8) is 0 Å². The molecular formula is C51H76N12O11S2. The van der Waals surface area contributed by atoms with Crippen LogP contribution in [0.3, 0.4) is 0 Å². The SMILES string of the molecule is CC[C@H](C)[C@H](NC(=O)[C@H](CC(N)=O)NC(=O)CNC(=O)[C@H](Cc1ccccc1)NC(=O)[C@@H](NC(=O)[C@@H](N)Cc1c[nH]c2ccccc12)C(C)C)C(=O)N[C@@H](CCSC)C(=O)N[C@@H](CS)C(=O)N[C@@H](CCCCN)C(=O)O. The molecule has 0 bridgehead atoms. The van der Waals surface area contributed by atoms with Crippen LogP contribution in [-0.4, -0.2) is 148 Å². The Bertz CT molecular complexity index is 2450. The maximum atomic E-state index is 14.0. The number of hydrogen-bond acceptors (Lipinski definition) is 14. The number of benzene rings is 2. The first-order valence-electron chi connectivity index (χ1n) is 25.2. The number of aromatic nitrogens is 1. The van der Waals surface area contributed by atoms with E-state index in [9.17, 15) is 53.1 Å². The predicted octanol–water partition coefficient (Wildman–Crippen LogP) is -0.736. The van der Waals surface area contributed by atoms with Gasteiger partial charge in [0, 0.05) is 29.3 Å². The van der Waals surface area contributed by atoms with Crippen LogP contribution in [0.5, 0.6) is 0 Å². The first-order valence-corrected chi connectivity index (χ1v) is 27.2. The number of rotatable bonds is 34. The number of carbonyl (C=O) groups is 10. The zero-order valence-corrected chi connectivity index (χ0v) is 45.4. The highest BCUT2D eigenvalue weighted by Crippen LogP contribution is 2.19. The second-order valence-electron chi connectivity index (χ2n) is 18.8. The van der Waals surface area contributed by atoms with Crippen molar-refractivity contribution in [1.82, 2.24) is 47.5 Å². The monoisotopic (exact) mass is 1100 g/mol. The average molecular weight is 1100 g/mol. The number of hydrogen-bond donors (Lipinski definition) is 14. The summed E-state index contributed by atoms with van der Waals surface area (Å²) in [5.74, 6) is -9.55. The van der Waals surface area contributed by atoms with E-state index in [1.165, 1.54) is 11.8 Å². The molecular weight excluding hydrogens is 1020 g/mol. The average Bonchev–Trinajstić information content (AvgIpc) is 3.79. The minimum Gasteiger partial charge on any atom is -0.480 e. The van der Waals surface area contributed by atoms with Crippen LogP contribution in [-0.2, 0) is 60.8 Å². The van der Waals surface area contributed by atoms with Gasteiger partial charge in [0.15, 0.2) is 0 Å². The van der Waals surface area contributed by atoms with Gasteiger partial charge in [0.2, 0.25) is 53.2 Å². The van der Waals surface area contributed by atoms with Crippen molar-refractivity contribution >= 4 is 94.4 Å². The summed E-state index contributed by atoms with van der Waals surface area (Å²) >= 11 is 5.56. The molecule has 3 aromatic rings. The minimum atomic E-state index is -1.64. The Morgan fingerprint density at radius 1 is 0.671 bits per heavy atom. The molecule has 16 N–H and O–H groups in total. The third kappa shape index (κ3) is 20.8. The third-order valence-corrected chi connectivity index (χ3v) is 13.5. The Morgan fingerprint density at radius 3 is 1.88 bits per heavy atom. The molecule has 0 radical (unpaired) electrons. The van der Waals surface area contributed by atoms with Gasteiger partial charge in [-0.05, 0) is 79.7 Å². The van der Waals surface area contributed by atoms with Crippen LogP contribution in [0.1, 0.15) is 77.3 Å². The zero-order valence-electron chi connectivity index (χ0n) is 43.6. The van der Waals surface area contributed by atoms with Crippen molar-refractivity contribution in [2.75, 3.05) is 30.9 Å². The van der Waals surface area contributed by atoms with Crippen LogP contribution in [0.4, 0.5) is 0 Å². The van der Waals surface area contributed by atoms with Gasteiger partial charge in [-0.25, -0.2) is 4.79 Å². The van der Waals surface area contributed by atoms with Crippen LogP contribution < -0.4 is 59.7 Å². The standard InChI is InChI=1S/C51H76N12O11S2/c1-6-29(4)43(50(72)58-35(19-21-76-5)46(68)61-39(27-75)48(70)59-36(51(73)74)18-12-13-20-52)63-47(69)38(24-40(54)64)57-41(65)26-56-45(67)37(22-30-14-8-7-9-15-30)60-49(71)42(28(2)3)62-44(66)33(53)23-31-25-55-34-17-11-10-16-32(31)34/h7-11,14-17,25,28-29,33,35-39,42-43,55,75H,6,12-13,18-24,26-27,52-53H2,1-5H3,(H2,54,64)(H,56,67)(H,57,65)(H,58,72)(H,59,70)(H,60,71)(H,61,68)(H,62,66)(H,63,69)(H,73,74)/t29-,33-,35-,36-,37-,38-,39-,42-,43-/m0/s1. The summed E-state index contributed by atoms with van der Waals surface area (Å²) in [6.45, 7) is 6.41. The summed E-state index contributed by atoms with van der Waals surface area (Å²) in [4.78, 5) is 137. The number of carboxylic acid groups (broad SMARTS) is 1. The molecule has 0 saturated heterocycles. The van der Waals surface area contributed by atoms with Crippen molar-refractivity contribution < 1.29 is 53.1 Å². The smallest absolute Gasteiger partial charge is 0.326 e. The molecule has 76 heavy (non-hydrogen) atoms. The molecule has 0 unspecified atom stereocenters. The second kappa shape index (κ2) is 32.7. The molecule has 9 atom stereocenters. The highest BCUT2D eigenvalue weighted by Gasteiger charge is 2.35. The van der Waals surface area contributed by atoms with E-state index in [0.717, 1.165) is 16.5 Å². The van der Waals surface area contributed by atoms with Crippen molar-refractivity contribution in [3.8, 4) is 0 Å². The van der Waals surface area contributed by atoms with Crippen molar-refractivity contribution in [2.24, 2.45) is 29.0 Å². The van der Waals surface area contributed by atoms with Crippen LogP contribution in [0.15, 0.2) is 60.8 Å². The van der Waals surface area contributed by atoms with E-state index in [4.69, 9.17) is 17.2 Å². The number of para-hydroxylation sites is 1. The molecule has 0 fully saturated rings. The van der Waals surface area contributed by atoms with Crippen LogP contribution in [0.25, 0.3) is 10.9 Å². The van der Waals surface area contributed by atoms with Crippen molar-refractivity contribution in [2.45, 2.75) is 127 Å². The number of fused-ring (bicyclic) bond motifs is 1. The Morgan fingerprint density at radius 2 is 1.26 bits per heavy atom. The number of H-pyrrole nitrogens is 1. The Balaban J connectivity index is 1.73. The van der Waals surface area contributed by atoms with Crippen LogP contribution in [0, 0.1) is 11.8 Å². The minimum absolute atomic E-state index is 0.0290. The van der Waals surface area contributed by atoms with E-state index in [2.05, 4.69) is 60.1 Å². The summed E-state index contributed by atoms with van der Waals surface area (Å²) in [5, 5.41) is 31.0. The van der Waals surface area contributed by atoms with Gasteiger partial charge in [0.05, 0.1) is 19.0 Å². The number of thiol groups is 1. The molecule has 0 aliphatic heterocycles. The first-order chi connectivity index (χ1) is 36.1. The third-order valence-electron chi connectivity index (χ3n) is 12.5. The zero-order chi connectivity index (χ0) is 56.5. The molecule has 0 aliphatic rings. The molecule has 25 heteroatoms. The van der Waals surface area contributed by atoms with E-state index in [-0.39, 0.29) is 31.4 Å².